The Kier molecular flexibility index (Phi) is 1.51. The van der Waals surface area contributed by atoms with E-state index in [-0.39, 0.29) is 5.91 Å². The predicted octanol–water partition coefficient (Wildman–Crippen LogP) is 1.48. The van der Waals surface area contributed by atoms with Crippen molar-refractivity contribution in [1.29, 1.82) is 0 Å². The highest BCUT2D eigenvalue weighted by atomic mass is 16.1. The smallest absolute Gasteiger partial charge is 0.224 e. The molecule has 0 unspecified atom stereocenters. The molecular weight excluding hydrogens is 150 g/mol. The van der Waals surface area contributed by atoms with E-state index in [0.717, 1.165) is 23.2 Å². The van der Waals surface area contributed by atoms with Gasteiger partial charge in [-0.2, -0.15) is 0 Å². The van der Waals surface area contributed by atoms with Crippen LogP contribution in [0.25, 0.3) is 0 Å². The zero-order valence-electron chi connectivity index (χ0n) is 6.90. The van der Waals surface area contributed by atoms with Crippen LogP contribution in [0.3, 0.4) is 0 Å². The minimum absolute atomic E-state index is 0.0986. The number of aryl methyl sites for hydroxylation is 1. The van der Waals surface area contributed by atoms with Crippen molar-refractivity contribution in [2.75, 3.05) is 5.32 Å². The molecule has 0 spiro atoms. The van der Waals surface area contributed by atoms with Gasteiger partial charge >= 0.3 is 0 Å². The number of hydrogen-bond donors (Lipinski definition) is 1. The van der Waals surface area contributed by atoms with Crippen molar-refractivity contribution < 1.29 is 4.79 Å². The Labute approximate surface area is 71.6 Å². The van der Waals surface area contributed by atoms with Crippen molar-refractivity contribution >= 4 is 11.6 Å². The zero-order chi connectivity index (χ0) is 8.55. The standard InChI is InChI=1S/C10H9NO/c1-7-2-3-8-4-5-10(12)11-9(8)6-7/h6H,4-5H2,1H3,(H,11,12). The molecule has 0 aliphatic carbocycles. The van der Waals surface area contributed by atoms with Crippen LogP contribution < -0.4 is 5.32 Å². The number of fused-ring (bicyclic) bond motifs is 1. The van der Waals surface area contributed by atoms with E-state index in [4.69, 9.17) is 0 Å². The van der Waals surface area contributed by atoms with E-state index < -0.39 is 0 Å². The van der Waals surface area contributed by atoms with Crippen LogP contribution in [-0.2, 0) is 11.2 Å². The van der Waals surface area contributed by atoms with Crippen LogP contribution in [0, 0.1) is 19.1 Å². The average Bonchev–Trinajstić information content (AvgIpc) is 2.03. The number of rotatable bonds is 0. The molecule has 1 aromatic carbocycles. The summed E-state index contributed by atoms with van der Waals surface area (Å²) >= 11 is 0. The summed E-state index contributed by atoms with van der Waals surface area (Å²) in [6.45, 7) is 1.94. The number of carbonyl (C=O) groups excluding carboxylic acids is 1. The molecule has 1 aliphatic heterocycles. The lowest BCUT2D eigenvalue weighted by Gasteiger charge is -2.14. The summed E-state index contributed by atoms with van der Waals surface area (Å²) in [7, 11) is 0. The van der Waals surface area contributed by atoms with Crippen LogP contribution in [0.15, 0.2) is 6.07 Å². The molecule has 2 nitrogen and oxygen atoms in total. The fourth-order valence-electron chi connectivity index (χ4n) is 1.34. The molecule has 0 bridgehead atoms. The molecule has 2 rings (SSSR count). The molecule has 60 valence electrons. The van der Waals surface area contributed by atoms with Crippen LogP contribution in [0.1, 0.15) is 17.5 Å². The molecule has 0 saturated heterocycles. The van der Waals surface area contributed by atoms with Gasteiger partial charge in [-0.25, -0.2) is 0 Å². The Bertz CT molecular complexity index is 331. The first-order valence-corrected chi connectivity index (χ1v) is 3.99. The molecule has 0 aromatic heterocycles. The highest BCUT2D eigenvalue weighted by Gasteiger charge is 2.13. The molecule has 1 heterocycles. The molecule has 0 atom stereocenters. The summed E-state index contributed by atoms with van der Waals surface area (Å²) in [4.78, 5) is 11.0. The summed E-state index contributed by atoms with van der Waals surface area (Å²) in [6, 6.07) is 7.97. The van der Waals surface area contributed by atoms with Crippen molar-refractivity contribution in [2.45, 2.75) is 19.8 Å². The Morgan fingerprint density at radius 2 is 2.25 bits per heavy atom. The van der Waals surface area contributed by atoms with Crippen molar-refractivity contribution in [3.63, 3.8) is 0 Å². The van der Waals surface area contributed by atoms with Crippen molar-refractivity contribution in [3.8, 4) is 0 Å². The van der Waals surface area contributed by atoms with E-state index in [1.807, 2.05) is 13.0 Å². The number of anilines is 1. The second kappa shape index (κ2) is 2.53. The lowest BCUT2D eigenvalue weighted by molar-refractivity contribution is -0.116. The second-order valence-electron chi connectivity index (χ2n) is 3.02. The first kappa shape index (κ1) is 7.17. The number of carbonyl (C=O) groups is 1. The fraction of sp³-hybridized carbons (Fsp3) is 0.300. The normalized spacial score (nSPS) is 14.6. The van der Waals surface area contributed by atoms with Gasteiger partial charge in [0.1, 0.15) is 0 Å². The van der Waals surface area contributed by atoms with E-state index in [2.05, 4.69) is 17.4 Å². The topological polar surface area (TPSA) is 29.1 Å². The predicted molar refractivity (Wildman–Crippen MR) is 45.8 cm³/mol. The van der Waals surface area contributed by atoms with Crippen molar-refractivity contribution in [2.24, 2.45) is 0 Å². The highest BCUT2D eigenvalue weighted by molar-refractivity contribution is 5.93. The molecule has 1 amide bonds. The summed E-state index contributed by atoms with van der Waals surface area (Å²) in [5.74, 6) is 0.0986. The summed E-state index contributed by atoms with van der Waals surface area (Å²) < 4.78 is 0. The minimum Gasteiger partial charge on any atom is -0.325 e. The quantitative estimate of drug-likeness (QED) is 0.610. The van der Waals surface area contributed by atoms with Gasteiger partial charge in [-0.3, -0.25) is 4.79 Å². The molecule has 0 fully saturated rings. The SMILES string of the molecule is Cc1c#cc2c(c1)NC(=O)CC2. The van der Waals surface area contributed by atoms with Gasteiger partial charge in [0.05, 0.1) is 5.69 Å². The van der Waals surface area contributed by atoms with Crippen LogP contribution in [0.5, 0.6) is 0 Å². The van der Waals surface area contributed by atoms with Gasteiger partial charge in [-0.15, -0.1) is 0 Å². The van der Waals surface area contributed by atoms with Gasteiger partial charge in [0, 0.05) is 17.5 Å². The molecule has 0 saturated carbocycles. The summed E-state index contributed by atoms with van der Waals surface area (Å²) in [5.41, 5.74) is 2.98. The molecule has 2 heteroatoms. The second-order valence-corrected chi connectivity index (χ2v) is 3.02. The first-order valence-electron chi connectivity index (χ1n) is 3.99. The Morgan fingerprint density at radius 3 is 3.08 bits per heavy atom. The van der Waals surface area contributed by atoms with E-state index >= 15 is 0 Å². The van der Waals surface area contributed by atoms with Gasteiger partial charge in [-0.05, 0) is 19.4 Å². The van der Waals surface area contributed by atoms with Crippen LogP contribution in [0.4, 0.5) is 5.69 Å². The van der Waals surface area contributed by atoms with E-state index in [9.17, 15) is 4.79 Å². The first-order chi connectivity index (χ1) is 5.75. The number of hydrogen-bond acceptors (Lipinski definition) is 1. The number of nitrogens with one attached hydrogen (secondary N) is 1. The number of amides is 1. The third-order valence-corrected chi connectivity index (χ3v) is 1.97. The van der Waals surface area contributed by atoms with E-state index in [0.29, 0.717) is 6.42 Å². The maximum absolute atomic E-state index is 11.0. The molecular formula is C10H9NO. The fourth-order valence-corrected chi connectivity index (χ4v) is 1.34. The summed E-state index contributed by atoms with van der Waals surface area (Å²) in [5, 5.41) is 2.81. The molecule has 1 aliphatic rings. The zero-order valence-corrected chi connectivity index (χ0v) is 6.90. The van der Waals surface area contributed by atoms with Crippen molar-refractivity contribution in [1.82, 2.24) is 0 Å². The van der Waals surface area contributed by atoms with Gasteiger partial charge in [-0.1, -0.05) is 12.1 Å². The monoisotopic (exact) mass is 159 g/mol. The van der Waals surface area contributed by atoms with Gasteiger partial charge in [0.25, 0.3) is 0 Å². The van der Waals surface area contributed by atoms with Crippen LogP contribution in [0.2, 0.25) is 0 Å². The summed E-state index contributed by atoms with van der Waals surface area (Å²) in [6.07, 6.45) is 1.36. The molecule has 0 radical (unpaired) electrons. The largest absolute Gasteiger partial charge is 0.325 e. The Morgan fingerprint density at radius 1 is 1.42 bits per heavy atom. The Hall–Kier alpha value is -1.49. The maximum atomic E-state index is 11.0. The van der Waals surface area contributed by atoms with E-state index in [1.54, 1.807) is 0 Å². The average molecular weight is 159 g/mol. The van der Waals surface area contributed by atoms with Gasteiger partial charge in [0.15, 0.2) is 0 Å². The molecule has 12 heavy (non-hydrogen) atoms. The third kappa shape index (κ3) is 1.14. The maximum Gasteiger partial charge on any atom is 0.224 e. The Balaban J connectivity index is 2.44. The minimum atomic E-state index is 0.0986. The third-order valence-electron chi connectivity index (χ3n) is 1.97. The van der Waals surface area contributed by atoms with Gasteiger partial charge in [0.2, 0.25) is 5.91 Å². The molecule has 1 N–H and O–H groups in total. The van der Waals surface area contributed by atoms with Gasteiger partial charge < -0.3 is 5.32 Å². The lowest BCUT2D eigenvalue weighted by Crippen LogP contribution is -2.18. The van der Waals surface area contributed by atoms with Crippen LogP contribution in [-0.4, -0.2) is 5.91 Å². The lowest BCUT2D eigenvalue weighted by atomic mass is 10.0. The molecule has 1 aromatic rings. The highest BCUT2D eigenvalue weighted by Crippen LogP contribution is 2.20. The van der Waals surface area contributed by atoms with Crippen molar-refractivity contribution in [3.05, 3.63) is 29.3 Å². The van der Waals surface area contributed by atoms with E-state index in [1.165, 1.54) is 0 Å². The van der Waals surface area contributed by atoms with Crippen LogP contribution >= 0.6 is 0 Å².